The van der Waals surface area contributed by atoms with Crippen molar-refractivity contribution in [2.75, 3.05) is 0 Å². The monoisotopic (exact) mass is 125 g/mol. The third-order valence-electron chi connectivity index (χ3n) is 0.599. The van der Waals surface area contributed by atoms with E-state index in [2.05, 4.69) is 12.5 Å². The average molecular weight is 125 g/mol. The zero-order valence-corrected chi connectivity index (χ0v) is 4.85. The molecule has 0 atom stereocenters. The molecule has 0 radical (unpaired) electrons. The van der Waals surface area contributed by atoms with Crippen LogP contribution in [-0.2, 0) is 0 Å². The van der Waals surface area contributed by atoms with Crippen LogP contribution in [0.5, 0.6) is 0 Å². The second kappa shape index (κ2) is 3.56. The molecular weight excluding hydrogens is 118 g/mol. The van der Waals surface area contributed by atoms with Gasteiger partial charge in [0.2, 0.25) is 0 Å². The third kappa shape index (κ3) is 4.42. The first-order valence-corrected chi connectivity index (χ1v) is 2.28. The van der Waals surface area contributed by atoms with Crippen molar-refractivity contribution in [1.82, 2.24) is 5.32 Å². The summed E-state index contributed by atoms with van der Waals surface area (Å²) in [7, 11) is 0. The zero-order valence-electron chi connectivity index (χ0n) is 4.85. The van der Waals surface area contributed by atoms with Crippen molar-refractivity contribution >= 4 is 6.09 Å². The molecule has 0 aliphatic rings. The molecule has 0 rings (SSSR count). The van der Waals surface area contributed by atoms with Gasteiger partial charge in [0, 0.05) is 12.1 Å². The van der Waals surface area contributed by atoms with E-state index in [0.717, 1.165) is 0 Å². The standard InChI is InChI=1S/C6H7NO2/c1-3-4-5(2)7-6(8)9/h1,7H,2,4H2,(H,8,9). The molecule has 0 saturated carbocycles. The Hall–Kier alpha value is -1.43. The first-order valence-electron chi connectivity index (χ1n) is 2.28. The van der Waals surface area contributed by atoms with E-state index in [1.165, 1.54) is 0 Å². The molecule has 0 heterocycles. The highest BCUT2D eigenvalue weighted by atomic mass is 16.4. The number of hydrogen-bond donors (Lipinski definition) is 2. The molecule has 0 fully saturated rings. The maximum absolute atomic E-state index is 9.84. The first-order chi connectivity index (χ1) is 4.16. The number of hydrogen-bond acceptors (Lipinski definition) is 1. The van der Waals surface area contributed by atoms with Gasteiger partial charge in [-0.2, -0.15) is 0 Å². The van der Waals surface area contributed by atoms with E-state index in [9.17, 15) is 4.79 Å². The molecule has 0 saturated heterocycles. The van der Waals surface area contributed by atoms with Crippen LogP contribution in [0.1, 0.15) is 6.42 Å². The summed E-state index contributed by atoms with van der Waals surface area (Å²) in [6, 6.07) is 0. The largest absolute Gasteiger partial charge is 0.465 e. The fourth-order valence-corrected chi connectivity index (χ4v) is 0.319. The second-order valence-electron chi connectivity index (χ2n) is 1.41. The van der Waals surface area contributed by atoms with E-state index in [1.54, 1.807) is 0 Å². The number of allylic oxidation sites excluding steroid dienone is 1. The van der Waals surface area contributed by atoms with Gasteiger partial charge in [-0.05, 0) is 0 Å². The van der Waals surface area contributed by atoms with Crippen LogP contribution in [0.3, 0.4) is 0 Å². The molecule has 0 aromatic rings. The molecule has 3 nitrogen and oxygen atoms in total. The maximum Gasteiger partial charge on any atom is 0.408 e. The molecule has 0 spiro atoms. The van der Waals surface area contributed by atoms with Crippen molar-refractivity contribution in [3.05, 3.63) is 12.3 Å². The lowest BCUT2D eigenvalue weighted by Gasteiger charge is -1.97. The lowest BCUT2D eigenvalue weighted by Crippen LogP contribution is -2.18. The average Bonchev–Trinajstić information content (AvgIpc) is 1.63. The van der Waals surface area contributed by atoms with Gasteiger partial charge in [-0.25, -0.2) is 4.79 Å². The number of rotatable bonds is 2. The highest BCUT2D eigenvalue weighted by molar-refractivity contribution is 5.66. The van der Waals surface area contributed by atoms with Crippen LogP contribution in [0, 0.1) is 12.3 Å². The molecule has 0 unspecified atom stereocenters. The summed E-state index contributed by atoms with van der Waals surface area (Å²) in [5.74, 6) is 2.25. The van der Waals surface area contributed by atoms with Crippen LogP contribution in [-0.4, -0.2) is 11.2 Å². The van der Waals surface area contributed by atoms with Gasteiger partial charge < -0.3 is 5.11 Å². The Morgan fingerprint density at radius 2 is 2.44 bits per heavy atom. The van der Waals surface area contributed by atoms with E-state index in [1.807, 2.05) is 5.32 Å². The molecule has 9 heavy (non-hydrogen) atoms. The smallest absolute Gasteiger partial charge is 0.408 e. The molecule has 0 aromatic heterocycles. The minimum atomic E-state index is -1.13. The molecule has 0 aliphatic heterocycles. The van der Waals surface area contributed by atoms with E-state index in [-0.39, 0.29) is 6.42 Å². The van der Waals surface area contributed by atoms with Crippen molar-refractivity contribution in [3.8, 4) is 12.3 Å². The minimum absolute atomic E-state index is 0.242. The Morgan fingerprint density at radius 3 is 2.78 bits per heavy atom. The highest BCUT2D eigenvalue weighted by Gasteiger charge is 1.94. The predicted molar refractivity (Wildman–Crippen MR) is 33.8 cm³/mol. The number of nitrogens with one attached hydrogen (secondary N) is 1. The van der Waals surface area contributed by atoms with E-state index >= 15 is 0 Å². The van der Waals surface area contributed by atoms with Crippen molar-refractivity contribution < 1.29 is 9.90 Å². The first kappa shape index (κ1) is 7.57. The SMILES string of the molecule is C#CCC(=C)NC(=O)O. The quantitative estimate of drug-likeness (QED) is 0.536. The summed E-state index contributed by atoms with van der Waals surface area (Å²) in [6.07, 6.45) is 3.97. The van der Waals surface area contributed by atoms with Crippen molar-refractivity contribution in [2.45, 2.75) is 6.42 Å². The number of terminal acetylenes is 1. The molecule has 0 aliphatic carbocycles. The maximum atomic E-state index is 9.84. The van der Waals surface area contributed by atoms with E-state index < -0.39 is 6.09 Å². The zero-order chi connectivity index (χ0) is 7.28. The summed E-state index contributed by atoms with van der Waals surface area (Å²) in [6.45, 7) is 3.35. The van der Waals surface area contributed by atoms with Gasteiger partial charge in [-0.15, -0.1) is 12.3 Å². The Labute approximate surface area is 53.4 Å². The van der Waals surface area contributed by atoms with Crippen LogP contribution in [0.15, 0.2) is 12.3 Å². The van der Waals surface area contributed by atoms with Gasteiger partial charge in [-0.1, -0.05) is 6.58 Å². The van der Waals surface area contributed by atoms with Crippen LogP contribution in [0.4, 0.5) is 4.79 Å². The van der Waals surface area contributed by atoms with Crippen LogP contribution < -0.4 is 5.32 Å². The molecule has 0 bridgehead atoms. The van der Waals surface area contributed by atoms with Gasteiger partial charge in [0.05, 0.1) is 0 Å². The Bertz CT molecular complexity index is 166. The second-order valence-corrected chi connectivity index (χ2v) is 1.41. The summed E-state index contributed by atoms with van der Waals surface area (Å²) in [4.78, 5) is 9.84. The Kier molecular flexibility index (Phi) is 2.99. The number of amides is 1. The summed E-state index contributed by atoms with van der Waals surface area (Å²) < 4.78 is 0. The molecule has 3 heteroatoms. The van der Waals surface area contributed by atoms with Gasteiger partial charge in [0.1, 0.15) is 0 Å². The fourth-order valence-electron chi connectivity index (χ4n) is 0.319. The fraction of sp³-hybridized carbons (Fsp3) is 0.167. The molecule has 0 aromatic carbocycles. The summed E-state index contributed by atoms with van der Waals surface area (Å²) in [5, 5.41) is 10.1. The molecule has 1 amide bonds. The minimum Gasteiger partial charge on any atom is -0.465 e. The van der Waals surface area contributed by atoms with Crippen LogP contribution in [0.2, 0.25) is 0 Å². The lowest BCUT2D eigenvalue weighted by atomic mass is 10.3. The molecule has 2 N–H and O–H groups in total. The third-order valence-corrected chi connectivity index (χ3v) is 0.599. The van der Waals surface area contributed by atoms with Crippen molar-refractivity contribution in [2.24, 2.45) is 0 Å². The molecule has 48 valence electrons. The normalized spacial score (nSPS) is 7.44. The van der Waals surface area contributed by atoms with E-state index in [0.29, 0.717) is 5.70 Å². The summed E-state index contributed by atoms with van der Waals surface area (Å²) in [5.41, 5.74) is 0.324. The topological polar surface area (TPSA) is 49.3 Å². The number of carboxylic acid groups (broad SMARTS) is 1. The lowest BCUT2D eigenvalue weighted by molar-refractivity contribution is 0.197. The van der Waals surface area contributed by atoms with E-state index in [4.69, 9.17) is 11.5 Å². The summed E-state index contributed by atoms with van der Waals surface area (Å²) >= 11 is 0. The highest BCUT2D eigenvalue weighted by Crippen LogP contribution is 1.88. The number of carbonyl (C=O) groups is 1. The van der Waals surface area contributed by atoms with Crippen molar-refractivity contribution in [3.63, 3.8) is 0 Å². The Morgan fingerprint density at radius 1 is 1.89 bits per heavy atom. The van der Waals surface area contributed by atoms with Gasteiger partial charge in [-0.3, -0.25) is 5.32 Å². The van der Waals surface area contributed by atoms with Gasteiger partial charge in [0.25, 0.3) is 0 Å². The van der Waals surface area contributed by atoms with Gasteiger partial charge in [0.15, 0.2) is 0 Å². The van der Waals surface area contributed by atoms with Crippen LogP contribution in [0.25, 0.3) is 0 Å². The Balaban J connectivity index is 3.54. The van der Waals surface area contributed by atoms with Gasteiger partial charge >= 0.3 is 6.09 Å². The molecular formula is C6H7NO2. The van der Waals surface area contributed by atoms with Crippen molar-refractivity contribution in [1.29, 1.82) is 0 Å². The predicted octanol–water partition coefficient (Wildman–Crippen LogP) is 0.791. The van der Waals surface area contributed by atoms with Crippen LogP contribution >= 0.6 is 0 Å².